The van der Waals surface area contributed by atoms with Crippen molar-refractivity contribution in [1.29, 1.82) is 0 Å². The van der Waals surface area contributed by atoms with Gasteiger partial charge in [-0.3, -0.25) is 0 Å². The van der Waals surface area contributed by atoms with Crippen LogP contribution < -0.4 is 0 Å². The Morgan fingerprint density at radius 1 is 0.600 bits per heavy atom. The molecule has 0 aliphatic carbocycles. The molecule has 0 aromatic rings. The first-order chi connectivity index (χ1) is 11.8. The fraction of sp³-hybridized carbons (Fsp3) is 0.920. The molecule has 0 aliphatic heterocycles. The van der Waals surface area contributed by atoms with Crippen LogP contribution in [0.25, 0.3) is 0 Å². The second kappa shape index (κ2) is 14.9. The van der Waals surface area contributed by atoms with E-state index in [1.807, 2.05) is 0 Å². The van der Waals surface area contributed by atoms with Gasteiger partial charge in [0.1, 0.15) is 0 Å². The Hall–Kier alpha value is -0.260. The second-order valence-electron chi connectivity index (χ2n) is 9.70. The second-order valence-corrected chi connectivity index (χ2v) is 9.70. The molecule has 0 saturated carbocycles. The van der Waals surface area contributed by atoms with E-state index in [1.54, 1.807) is 0 Å². The molecule has 0 heteroatoms. The maximum Gasteiger partial charge on any atom is -0.0260 e. The number of hydrogen-bond acceptors (Lipinski definition) is 0. The third-order valence-electron chi connectivity index (χ3n) is 5.81. The first-order valence-electron chi connectivity index (χ1n) is 11.4. The molecule has 0 radical (unpaired) electrons. The van der Waals surface area contributed by atoms with E-state index in [0.29, 0.717) is 0 Å². The summed E-state index contributed by atoms with van der Waals surface area (Å²) in [6.45, 7) is 19.2. The summed E-state index contributed by atoms with van der Waals surface area (Å²) in [6.07, 6.45) is 17.2. The van der Waals surface area contributed by atoms with E-state index in [2.05, 4.69) is 67.5 Å². The van der Waals surface area contributed by atoms with Crippen LogP contribution in [-0.4, -0.2) is 0 Å². The summed E-state index contributed by atoms with van der Waals surface area (Å²) in [6, 6.07) is 0. The monoisotopic (exact) mass is 350 g/mol. The van der Waals surface area contributed by atoms with E-state index >= 15 is 0 Å². The van der Waals surface area contributed by atoms with Crippen molar-refractivity contribution >= 4 is 0 Å². The summed E-state index contributed by atoms with van der Waals surface area (Å²) in [5, 5.41) is 0. The summed E-state index contributed by atoms with van der Waals surface area (Å²) in [5.41, 5.74) is 0. The van der Waals surface area contributed by atoms with Gasteiger partial charge in [0.05, 0.1) is 0 Å². The van der Waals surface area contributed by atoms with Crippen LogP contribution in [0.2, 0.25) is 0 Å². The fourth-order valence-electron chi connectivity index (χ4n) is 5.03. The standard InChI is InChI=1S/C25H50/c1-9-11-12-14-21(4)16-23(6)18-25(8)19-24(7)17-22(5)15-20(3)13-10-2/h10,13,20-25H,9,11-12,14-19H2,1-8H3/b13-10+. The van der Waals surface area contributed by atoms with Gasteiger partial charge in [-0.05, 0) is 74.5 Å². The van der Waals surface area contributed by atoms with E-state index in [1.165, 1.54) is 57.8 Å². The predicted octanol–water partition coefficient (Wildman–Crippen LogP) is 8.91. The molecule has 6 unspecified atom stereocenters. The van der Waals surface area contributed by atoms with Crippen LogP contribution in [0, 0.1) is 35.5 Å². The van der Waals surface area contributed by atoms with Crippen molar-refractivity contribution in [2.45, 2.75) is 113 Å². The number of rotatable bonds is 15. The predicted molar refractivity (Wildman–Crippen MR) is 117 cm³/mol. The Labute approximate surface area is 161 Å². The minimum absolute atomic E-state index is 0.735. The molecule has 6 atom stereocenters. The van der Waals surface area contributed by atoms with Gasteiger partial charge in [-0.2, -0.15) is 0 Å². The van der Waals surface area contributed by atoms with E-state index in [9.17, 15) is 0 Å². The molecule has 0 bridgehead atoms. The Kier molecular flexibility index (Phi) is 14.7. The molecular weight excluding hydrogens is 300 g/mol. The molecule has 0 aliphatic rings. The Bertz CT molecular complexity index is 316. The maximum atomic E-state index is 2.49. The number of unbranched alkanes of at least 4 members (excludes halogenated alkanes) is 2. The SMILES string of the molecule is C/C=C/C(C)CC(C)CC(C)CC(C)CC(C)CC(C)CCCCC. The quantitative estimate of drug-likeness (QED) is 0.204. The third kappa shape index (κ3) is 14.6. The summed E-state index contributed by atoms with van der Waals surface area (Å²) in [4.78, 5) is 0. The van der Waals surface area contributed by atoms with Crippen molar-refractivity contribution in [3.8, 4) is 0 Å². The van der Waals surface area contributed by atoms with E-state index < -0.39 is 0 Å². The molecule has 0 heterocycles. The average molecular weight is 351 g/mol. The normalized spacial score (nSPS) is 19.5. The first-order valence-corrected chi connectivity index (χ1v) is 11.4. The van der Waals surface area contributed by atoms with Crippen LogP contribution in [-0.2, 0) is 0 Å². The van der Waals surface area contributed by atoms with Crippen LogP contribution in [0.3, 0.4) is 0 Å². The lowest BCUT2D eigenvalue weighted by molar-refractivity contribution is 0.274. The Balaban J connectivity index is 4.00. The maximum absolute atomic E-state index is 2.49. The highest BCUT2D eigenvalue weighted by molar-refractivity contribution is 4.84. The minimum atomic E-state index is 0.735. The lowest BCUT2D eigenvalue weighted by Gasteiger charge is -2.25. The van der Waals surface area contributed by atoms with Gasteiger partial charge in [0.2, 0.25) is 0 Å². The molecule has 0 amide bonds. The van der Waals surface area contributed by atoms with Crippen molar-refractivity contribution in [3.63, 3.8) is 0 Å². The van der Waals surface area contributed by atoms with Crippen molar-refractivity contribution in [3.05, 3.63) is 12.2 Å². The highest BCUT2D eigenvalue weighted by Gasteiger charge is 2.17. The van der Waals surface area contributed by atoms with Crippen molar-refractivity contribution in [2.24, 2.45) is 35.5 Å². The minimum Gasteiger partial charge on any atom is -0.0914 e. The Morgan fingerprint density at radius 2 is 1.04 bits per heavy atom. The smallest absolute Gasteiger partial charge is 0.0260 e. The molecule has 0 spiro atoms. The third-order valence-corrected chi connectivity index (χ3v) is 5.81. The molecule has 0 fully saturated rings. The molecule has 0 aromatic carbocycles. The average Bonchev–Trinajstić information content (AvgIpc) is 2.46. The molecule has 0 saturated heterocycles. The van der Waals surface area contributed by atoms with Gasteiger partial charge in [-0.15, -0.1) is 0 Å². The zero-order valence-electron chi connectivity index (χ0n) is 19.0. The summed E-state index contributed by atoms with van der Waals surface area (Å²) in [7, 11) is 0. The number of allylic oxidation sites excluding steroid dienone is 2. The molecule has 0 nitrogen and oxygen atoms in total. The van der Waals surface area contributed by atoms with Crippen LogP contribution in [0.1, 0.15) is 113 Å². The van der Waals surface area contributed by atoms with Gasteiger partial charge in [-0.25, -0.2) is 0 Å². The van der Waals surface area contributed by atoms with Crippen LogP contribution >= 0.6 is 0 Å². The summed E-state index contributed by atoms with van der Waals surface area (Å²) in [5.74, 6) is 5.15. The van der Waals surface area contributed by atoms with Gasteiger partial charge in [-0.1, -0.05) is 86.3 Å². The molecule has 0 aromatic heterocycles. The van der Waals surface area contributed by atoms with E-state index in [-0.39, 0.29) is 0 Å². The van der Waals surface area contributed by atoms with Crippen molar-refractivity contribution in [2.75, 3.05) is 0 Å². The molecule has 0 N–H and O–H groups in total. The Morgan fingerprint density at radius 3 is 1.48 bits per heavy atom. The molecular formula is C25H50. The highest BCUT2D eigenvalue weighted by atomic mass is 14.2. The van der Waals surface area contributed by atoms with E-state index in [4.69, 9.17) is 0 Å². The lowest BCUT2D eigenvalue weighted by Crippen LogP contribution is -2.13. The molecule has 0 rings (SSSR count). The van der Waals surface area contributed by atoms with Crippen molar-refractivity contribution < 1.29 is 0 Å². The van der Waals surface area contributed by atoms with Gasteiger partial charge in [0, 0.05) is 0 Å². The number of hydrogen-bond donors (Lipinski definition) is 0. The van der Waals surface area contributed by atoms with Gasteiger partial charge in [0.25, 0.3) is 0 Å². The highest BCUT2D eigenvalue weighted by Crippen LogP contribution is 2.29. The zero-order valence-corrected chi connectivity index (χ0v) is 19.0. The first kappa shape index (κ1) is 24.7. The van der Waals surface area contributed by atoms with Crippen LogP contribution in [0.5, 0.6) is 0 Å². The summed E-state index contributed by atoms with van der Waals surface area (Å²) < 4.78 is 0. The fourth-order valence-corrected chi connectivity index (χ4v) is 5.03. The van der Waals surface area contributed by atoms with Gasteiger partial charge in [0.15, 0.2) is 0 Å². The topological polar surface area (TPSA) is 0 Å². The largest absolute Gasteiger partial charge is 0.0914 e. The van der Waals surface area contributed by atoms with Crippen LogP contribution in [0.4, 0.5) is 0 Å². The van der Waals surface area contributed by atoms with E-state index in [0.717, 1.165) is 35.5 Å². The van der Waals surface area contributed by atoms with Crippen LogP contribution in [0.15, 0.2) is 12.2 Å². The lowest BCUT2D eigenvalue weighted by atomic mass is 9.81. The summed E-state index contributed by atoms with van der Waals surface area (Å²) >= 11 is 0. The van der Waals surface area contributed by atoms with Gasteiger partial charge < -0.3 is 0 Å². The zero-order chi connectivity index (χ0) is 19.2. The molecule has 150 valence electrons. The molecule has 25 heavy (non-hydrogen) atoms. The van der Waals surface area contributed by atoms with Crippen molar-refractivity contribution in [1.82, 2.24) is 0 Å². The van der Waals surface area contributed by atoms with Gasteiger partial charge >= 0.3 is 0 Å².